The van der Waals surface area contributed by atoms with Crippen LogP contribution >= 0.6 is 11.6 Å². The number of nitrogens with zero attached hydrogens (tertiary/aromatic N) is 3. The summed E-state index contributed by atoms with van der Waals surface area (Å²) in [6.07, 6.45) is 2.50. The van der Waals surface area contributed by atoms with Crippen molar-refractivity contribution < 1.29 is 19.1 Å². The van der Waals surface area contributed by atoms with E-state index in [1.165, 1.54) is 4.90 Å². The van der Waals surface area contributed by atoms with Crippen molar-refractivity contribution in [1.29, 1.82) is 0 Å². The van der Waals surface area contributed by atoms with Gasteiger partial charge >= 0.3 is 18.0 Å². The molecule has 0 aromatic heterocycles. The SMILES string of the molecule is C=CCN1C(=O)N[C@H](c2ccccc2Cl)C(C(=O)OCC)=C1CN1CCN(C(=O)NCCC)[C@@H](C)C1. The molecule has 36 heavy (non-hydrogen) atoms. The number of esters is 1. The molecule has 0 radical (unpaired) electrons. The number of nitrogens with one attached hydrogen (secondary N) is 2. The molecule has 1 fully saturated rings. The molecular formula is C26H36ClN5O4. The zero-order chi connectivity index (χ0) is 26.2. The molecule has 0 spiro atoms. The van der Waals surface area contributed by atoms with Crippen molar-refractivity contribution in [2.24, 2.45) is 0 Å². The third-order valence-corrected chi connectivity index (χ3v) is 6.68. The molecule has 2 atom stereocenters. The molecule has 2 heterocycles. The summed E-state index contributed by atoms with van der Waals surface area (Å²) >= 11 is 6.48. The highest BCUT2D eigenvalue weighted by Gasteiger charge is 2.40. The molecule has 1 saturated heterocycles. The lowest BCUT2D eigenvalue weighted by Gasteiger charge is -2.42. The zero-order valence-electron chi connectivity index (χ0n) is 21.3. The number of ether oxygens (including phenoxy) is 1. The largest absolute Gasteiger partial charge is 0.463 e. The van der Waals surface area contributed by atoms with E-state index in [4.69, 9.17) is 16.3 Å². The molecule has 1 aromatic rings. The minimum atomic E-state index is -0.750. The van der Waals surface area contributed by atoms with Crippen molar-refractivity contribution >= 4 is 29.6 Å². The molecule has 196 valence electrons. The standard InChI is InChI=1S/C26H36ClN5O4/c1-5-12-28-25(34)31-15-14-30(16-18(31)4)17-21-22(24(33)36-7-3)23(19-10-8-9-11-20(19)27)29-26(35)32(21)13-6-2/h6,8-11,18,23H,2,5,7,12-17H2,1,3-4H3,(H,28,34)(H,29,35)/t18-,23+/m0/s1. The van der Waals surface area contributed by atoms with Crippen LogP contribution in [-0.2, 0) is 9.53 Å². The van der Waals surface area contributed by atoms with E-state index >= 15 is 0 Å². The van der Waals surface area contributed by atoms with Crippen molar-refractivity contribution in [1.82, 2.24) is 25.3 Å². The number of carbonyl (C=O) groups is 3. The molecule has 2 N–H and O–H groups in total. The van der Waals surface area contributed by atoms with Gasteiger partial charge in [-0.05, 0) is 31.9 Å². The fourth-order valence-electron chi connectivity index (χ4n) is 4.61. The Hall–Kier alpha value is -3.04. The van der Waals surface area contributed by atoms with Crippen LogP contribution in [0.1, 0.15) is 38.8 Å². The van der Waals surface area contributed by atoms with Crippen LogP contribution in [0.5, 0.6) is 0 Å². The van der Waals surface area contributed by atoms with Crippen molar-refractivity contribution in [3.05, 3.63) is 58.8 Å². The fraction of sp³-hybridized carbons (Fsp3) is 0.500. The van der Waals surface area contributed by atoms with Gasteiger partial charge in [0, 0.05) is 56.0 Å². The molecule has 0 saturated carbocycles. The van der Waals surface area contributed by atoms with E-state index in [9.17, 15) is 14.4 Å². The van der Waals surface area contributed by atoms with Gasteiger partial charge in [-0.2, -0.15) is 0 Å². The Labute approximate surface area is 218 Å². The maximum absolute atomic E-state index is 13.3. The Morgan fingerprint density at radius 2 is 2.03 bits per heavy atom. The molecule has 2 aliphatic rings. The van der Waals surface area contributed by atoms with E-state index in [1.54, 1.807) is 31.2 Å². The Kier molecular flexibility index (Phi) is 9.78. The third kappa shape index (κ3) is 6.20. The average molecular weight is 518 g/mol. The Bertz CT molecular complexity index is 1010. The number of hydrogen-bond donors (Lipinski definition) is 2. The molecule has 0 aliphatic carbocycles. The molecule has 2 aliphatic heterocycles. The Morgan fingerprint density at radius 1 is 1.28 bits per heavy atom. The average Bonchev–Trinajstić information content (AvgIpc) is 2.85. The van der Waals surface area contributed by atoms with Gasteiger partial charge in [0.2, 0.25) is 0 Å². The number of amides is 4. The minimum Gasteiger partial charge on any atom is -0.463 e. The van der Waals surface area contributed by atoms with Crippen LogP contribution in [-0.4, -0.2) is 84.6 Å². The van der Waals surface area contributed by atoms with Crippen molar-refractivity contribution in [2.75, 3.05) is 45.9 Å². The molecular weight excluding hydrogens is 482 g/mol. The lowest BCUT2D eigenvalue weighted by Crippen LogP contribution is -2.58. The summed E-state index contributed by atoms with van der Waals surface area (Å²) in [7, 11) is 0. The first-order valence-corrected chi connectivity index (χ1v) is 12.8. The molecule has 9 nitrogen and oxygen atoms in total. The van der Waals surface area contributed by atoms with E-state index in [1.807, 2.05) is 24.8 Å². The summed E-state index contributed by atoms with van der Waals surface area (Å²) < 4.78 is 5.44. The molecule has 4 amide bonds. The summed E-state index contributed by atoms with van der Waals surface area (Å²) in [5.74, 6) is -0.503. The van der Waals surface area contributed by atoms with Crippen LogP contribution < -0.4 is 10.6 Å². The van der Waals surface area contributed by atoms with E-state index in [0.29, 0.717) is 54.6 Å². The number of urea groups is 2. The van der Waals surface area contributed by atoms with Gasteiger partial charge in [0.15, 0.2) is 0 Å². The normalized spacial score (nSPS) is 20.7. The van der Waals surface area contributed by atoms with E-state index < -0.39 is 12.0 Å². The third-order valence-electron chi connectivity index (χ3n) is 6.33. The molecule has 3 rings (SSSR count). The summed E-state index contributed by atoms with van der Waals surface area (Å²) in [6.45, 7) is 12.7. The zero-order valence-corrected chi connectivity index (χ0v) is 22.0. The predicted octanol–water partition coefficient (Wildman–Crippen LogP) is 3.54. The number of benzene rings is 1. The molecule has 10 heteroatoms. The van der Waals surface area contributed by atoms with Crippen molar-refractivity contribution in [2.45, 2.75) is 39.3 Å². The quantitative estimate of drug-likeness (QED) is 0.386. The van der Waals surface area contributed by atoms with Gasteiger partial charge in [-0.3, -0.25) is 9.80 Å². The number of carbonyl (C=O) groups excluding carboxylic acids is 3. The summed E-state index contributed by atoms with van der Waals surface area (Å²) in [5, 5.41) is 6.31. The van der Waals surface area contributed by atoms with Gasteiger partial charge in [-0.15, -0.1) is 6.58 Å². The fourth-order valence-corrected chi connectivity index (χ4v) is 4.86. The van der Waals surface area contributed by atoms with Gasteiger partial charge in [0.25, 0.3) is 0 Å². The molecule has 0 unspecified atom stereocenters. The van der Waals surface area contributed by atoms with E-state index in [-0.39, 0.29) is 31.3 Å². The van der Waals surface area contributed by atoms with Crippen LogP contribution in [0.25, 0.3) is 0 Å². The number of hydrogen-bond acceptors (Lipinski definition) is 5. The van der Waals surface area contributed by atoms with Crippen molar-refractivity contribution in [3.63, 3.8) is 0 Å². The number of halogens is 1. The van der Waals surface area contributed by atoms with Gasteiger partial charge in [-0.25, -0.2) is 14.4 Å². The first-order chi connectivity index (χ1) is 17.3. The van der Waals surface area contributed by atoms with Crippen LogP contribution in [0.2, 0.25) is 5.02 Å². The van der Waals surface area contributed by atoms with Crippen LogP contribution in [0, 0.1) is 0 Å². The first-order valence-electron chi connectivity index (χ1n) is 12.4. The smallest absolute Gasteiger partial charge is 0.338 e. The minimum absolute atomic E-state index is 0.0353. The lowest BCUT2D eigenvalue weighted by molar-refractivity contribution is -0.139. The second-order valence-corrected chi connectivity index (χ2v) is 9.30. The summed E-state index contributed by atoms with van der Waals surface area (Å²) in [5.41, 5.74) is 1.53. The van der Waals surface area contributed by atoms with Crippen LogP contribution in [0.15, 0.2) is 48.2 Å². The Morgan fingerprint density at radius 3 is 2.67 bits per heavy atom. The summed E-state index contributed by atoms with van der Waals surface area (Å²) in [6, 6.07) is 5.94. The number of piperazine rings is 1. The first kappa shape index (κ1) is 27.5. The van der Waals surface area contributed by atoms with Crippen LogP contribution in [0.3, 0.4) is 0 Å². The monoisotopic (exact) mass is 517 g/mol. The van der Waals surface area contributed by atoms with Gasteiger partial charge in [0.05, 0.1) is 18.2 Å². The second-order valence-electron chi connectivity index (χ2n) is 8.89. The van der Waals surface area contributed by atoms with E-state index in [0.717, 1.165) is 6.42 Å². The second kappa shape index (κ2) is 12.8. The Balaban J connectivity index is 1.97. The lowest BCUT2D eigenvalue weighted by atomic mass is 9.94. The highest BCUT2D eigenvalue weighted by Crippen LogP contribution is 2.35. The number of rotatable bonds is 9. The predicted molar refractivity (Wildman–Crippen MR) is 140 cm³/mol. The topological polar surface area (TPSA) is 94.2 Å². The maximum atomic E-state index is 13.3. The van der Waals surface area contributed by atoms with Gasteiger partial charge in [0.1, 0.15) is 0 Å². The van der Waals surface area contributed by atoms with Crippen LogP contribution in [0.4, 0.5) is 9.59 Å². The van der Waals surface area contributed by atoms with Crippen molar-refractivity contribution in [3.8, 4) is 0 Å². The molecule has 0 bridgehead atoms. The van der Waals surface area contributed by atoms with Gasteiger partial charge in [-0.1, -0.05) is 42.8 Å². The highest BCUT2D eigenvalue weighted by atomic mass is 35.5. The molecule has 1 aromatic carbocycles. The highest BCUT2D eigenvalue weighted by molar-refractivity contribution is 6.31. The summed E-state index contributed by atoms with van der Waals surface area (Å²) in [4.78, 5) is 44.6. The van der Waals surface area contributed by atoms with Gasteiger partial charge < -0.3 is 20.3 Å². The van der Waals surface area contributed by atoms with E-state index in [2.05, 4.69) is 22.1 Å². The maximum Gasteiger partial charge on any atom is 0.338 e.